The van der Waals surface area contributed by atoms with Gasteiger partial charge < -0.3 is 10.6 Å². The van der Waals surface area contributed by atoms with Crippen LogP contribution in [-0.2, 0) is 0 Å². The number of piperidine rings is 1. The van der Waals surface area contributed by atoms with Gasteiger partial charge in [0.15, 0.2) is 11.6 Å². The second-order valence-corrected chi connectivity index (χ2v) is 4.96. The molecule has 5 heteroatoms. The van der Waals surface area contributed by atoms with Crippen molar-refractivity contribution in [3.05, 3.63) is 29.6 Å². The van der Waals surface area contributed by atoms with Gasteiger partial charge in [-0.2, -0.15) is 0 Å². The first-order valence-electron chi connectivity index (χ1n) is 6.08. The third-order valence-electron chi connectivity index (χ3n) is 3.93. The van der Waals surface area contributed by atoms with Crippen LogP contribution in [0, 0.1) is 23.4 Å². The minimum Gasteiger partial charge on any atom is -0.366 e. The van der Waals surface area contributed by atoms with E-state index < -0.39 is 17.5 Å². The first kappa shape index (κ1) is 13.2. The zero-order valence-corrected chi connectivity index (χ0v) is 10.5. The molecule has 0 aliphatic carbocycles. The van der Waals surface area contributed by atoms with Crippen LogP contribution in [0.4, 0.5) is 18.9 Å². The lowest BCUT2D eigenvalue weighted by atomic mass is 9.87. The minimum atomic E-state index is -1.16. The summed E-state index contributed by atoms with van der Waals surface area (Å²) in [5.74, 6) is -2.75. The molecular weight excluding hydrogens is 241 g/mol. The van der Waals surface area contributed by atoms with Crippen LogP contribution in [0.2, 0.25) is 0 Å². The molecule has 2 rings (SSSR count). The van der Waals surface area contributed by atoms with Crippen molar-refractivity contribution in [2.75, 3.05) is 11.4 Å². The van der Waals surface area contributed by atoms with Crippen LogP contribution in [0.1, 0.15) is 20.3 Å². The SMILES string of the molecule is CC1C(N)CCN(c2cc(F)c(F)cc2F)C1C. The highest BCUT2D eigenvalue weighted by Crippen LogP contribution is 2.31. The molecule has 100 valence electrons. The van der Waals surface area contributed by atoms with Gasteiger partial charge in [-0.1, -0.05) is 6.92 Å². The van der Waals surface area contributed by atoms with Crippen molar-refractivity contribution in [1.82, 2.24) is 0 Å². The molecule has 0 aromatic heterocycles. The van der Waals surface area contributed by atoms with Crippen LogP contribution in [0.25, 0.3) is 0 Å². The predicted molar refractivity (Wildman–Crippen MR) is 64.9 cm³/mol. The van der Waals surface area contributed by atoms with Crippen molar-refractivity contribution < 1.29 is 13.2 Å². The third kappa shape index (κ3) is 2.19. The molecular formula is C13H17F3N2. The second-order valence-electron chi connectivity index (χ2n) is 4.96. The second kappa shape index (κ2) is 4.80. The van der Waals surface area contributed by atoms with E-state index in [1.165, 1.54) is 0 Å². The molecule has 1 aromatic rings. The summed E-state index contributed by atoms with van der Waals surface area (Å²) in [4.78, 5) is 1.76. The van der Waals surface area contributed by atoms with Gasteiger partial charge in [-0.15, -0.1) is 0 Å². The number of nitrogens with zero attached hydrogens (tertiary/aromatic N) is 1. The third-order valence-corrected chi connectivity index (χ3v) is 3.93. The van der Waals surface area contributed by atoms with E-state index in [2.05, 4.69) is 0 Å². The fourth-order valence-corrected chi connectivity index (χ4v) is 2.47. The first-order chi connectivity index (χ1) is 8.41. The molecule has 0 saturated carbocycles. The van der Waals surface area contributed by atoms with E-state index in [-0.39, 0.29) is 23.7 Å². The summed E-state index contributed by atoms with van der Waals surface area (Å²) in [6, 6.07) is 1.57. The maximum atomic E-state index is 13.7. The van der Waals surface area contributed by atoms with E-state index in [1.54, 1.807) is 4.90 Å². The van der Waals surface area contributed by atoms with Crippen molar-refractivity contribution in [2.45, 2.75) is 32.4 Å². The Balaban J connectivity index is 2.34. The van der Waals surface area contributed by atoms with E-state index in [9.17, 15) is 13.2 Å². The normalized spacial score (nSPS) is 28.6. The Morgan fingerprint density at radius 3 is 2.39 bits per heavy atom. The van der Waals surface area contributed by atoms with Gasteiger partial charge >= 0.3 is 0 Å². The summed E-state index contributed by atoms with van der Waals surface area (Å²) in [5.41, 5.74) is 6.06. The molecule has 0 bridgehead atoms. The highest BCUT2D eigenvalue weighted by atomic mass is 19.2. The molecule has 2 nitrogen and oxygen atoms in total. The molecule has 2 N–H and O–H groups in total. The molecule has 3 unspecified atom stereocenters. The number of hydrogen-bond acceptors (Lipinski definition) is 2. The van der Waals surface area contributed by atoms with Crippen LogP contribution < -0.4 is 10.6 Å². The monoisotopic (exact) mass is 258 g/mol. The van der Waals surface area contributed by atoms with E-state index in [0.29, 0.717) is 19.0 Å². The maximum absolute atomic E-state index is 13.7. The summed E-state index contributed by atoms with van der Waals surface area (Å²) < 4.78 is 39.9. The molecule has 0 radical (unpaired) electrons. The molecule has 1 aromatic carbocycles. The van der Waals surface area contributed by atoms with Crippen molar-refractivity contribution in [2.24, 2.45) is 11.7 Å². The van der Waals surface area contributed by atoms with Crippen molar-refractivity contribution in [3.8, 4) is 0 Å². The van der Waals surface area contributed by atoms with Crippen LogP contribution in [0.15, 0.2) is 12.1 Å². The van der Waals surface area contributed by atoms with Crippen LogP contribution in [0.3, 0.4) is 0 Å². The Bertz CT molecular complexity index is 450. The van der Waals surface area contributed by atoms with Gasteiger partial charge in [-0.25, -0.2) is 13.2 Å². The standard InChI is InChI=1S/C13H17F3N2/c1-7-8(2)18(4-3-12(7)17)13-6-10(15)9(14)5-11(13)16/h5-8,12H,3-4,17H2,1-2H3. The van der Waals surface area contributed by atoms with Crippen molar-refractivity contribution in [1.29, 1.82) is 0 Å². The lowest BCUT2D eigenvalue weighted by molar-refractivity contribution is 0.313. The van der Waals surface area contributed by atoms with E-state index in [0.717, 1.165) is 6.07 Å². The highest BCUT2D eigenvalue weighted by molar-refractivity contribution is 5.50. The first-order valence-corrected chi connectivity index (χ1v) is 6.08. The smallest absolute Gasteiger partial charge is 0.161 e. The predicted octanol–water partition coefficient (Wildman–Crippen LogP) is 2.67. The van der Waals surface area contributed by atoms with E-state index in [4.69, 9.17) is 5.73 Å². The largest absolute Gasteiger partial charge is 0.366 e. The van der Waals surface area contributed by atoms with Crippen LogP contribution in [0.5, 0.6) is 0 Å². The Labute approximate surface area is 105 Å². The Morgan fingerprint density at radius 1 is 1.11 bits per heavy atom. The minimum absolute atomic E-state index is 0.00638. The summed E-state index contributed by atoms with van der Waals surface area (Å²) in [7, 11) is 0. The van der Waals surface area contributed by atoms with Crippen molar-refractivity contribution in [3.63, 3.8) is 0 Å². The van der Waals surface area contributed by atoms with Crippen LogP contribution in [-0.4, -0.2) is 18.6 Å². The lowest BCUT2D eigenvalue weighted by Crippen LogP contribution is -2.52. The number of nitrogens with two attached hydrogens (primary N) is 1. The summed E-state index contributed by atoms with van der Waals surface area (Å²) in [6.45, 7) is 4.46. The molecule has 1 fully saturated rings. The number of anilines is 1. The maximum Gasteiger partial charge on any atom is 0.161 e. The zero-order valence-electron chi connectivity index (χ0n) is 10.5. The Kier molecular flexibility index (Phi) is 3.52. The number of halogens is 3. The van der Waals surface area contributed by atoms with Gasteiger partial charge in [0.05, 0.1) is 5.69 Å². The van der Waals surface area contributed by atoms with E-state index in [1.807, 2.05) is 13.8 Å². The quantitative estimate of drug-likeness (QED) is 0.785. The molecule has 1 saturated heterocycles. The Hall–Kier alpha value is -1.23. The van der Waals surface area contributed by atoms with Gasteiger partial charge in [0.25, 0.3) is 0 Å². The molecule has 1 aliphatic rings. The average molecular weight is 258 g/mol. The highest BCUT2D eigenvalue weighted by Gasteiger charge is 2.32. The fraction of sp³-hybridized carbons (Fsp3) is 0.538. The molecule has 0 spiro atoms. The van der Waals surface area contributed by atoms with Gasteiger partial charge in [0.1, 0.15) is 5.82 Å². The van der Waals surface area contributed by atoms with Gasteiger partial charge in [0, 0.05) is 30.8 Å². The lowest BCUT2D eigenvalue weighted by Gasteiger charge is -2.42. The molecule has 0 amide bonds. The van der Waals surface area contributed by atoms with Crippen molar-refractivity contribution >= 4 is 5.69 Å². The summed E-state index contributed by atoms with van der Waals surface area (Å²) >= 11 is 0. The van der Waals surface area contributed by atoms with Crippen LogP contribution >= 0.6 is 0 Å². The average Bonchev–Trinajstić information content (AvgIpc) is 2.32. The Morgan fingerprint density at radius 2 is 1.72 bits per heavy atom. The van der Waals surface area contributed by atoms with Gasteiger partial charge in [0.2, 0.25) is 0 Å². The topological polar surface area (TPSA) is 29.3 Å². The zero-order chi connectivity index (χ0) is 13.4. The van der Waals surface area contributed by atoms with Gasteiger partial charge in [-0.05, 0) is 19.3 Å². The molecule has 1 heterocycles. The number of benzene rings is 1. The number of hydrogen-bond donors (Lipinski definition) is 1. The van der Waals surface area contributed by atoms with E-state index >= 15 is 0 Å². The molecule has 3 atom stereocenters. The summed E-state index contributed by atoms with van der Waals surface area (Å²) in [6.07, 6.45) is 0.712. The molecule has 1 aliphatic heterocycles. The number of rotatable bonds is 1. The molecule has 18 heavy (non-hydrogen) atoms. The van der Waals surface area contributed by atoms with Gasteiger partial charge in [-0.3, -0.25) is 0 Å². The summed E-state index contributed by atoms with van der Waals surface area (Å²) in [5, 5.41) is 0. The fourth-order valence-electron chi connectivity index (χ4n) is 2.47.